The number of aliphatic carboxylic acids is 1. The van der Waals surface area contributed by atoms with Crippen LogP contribution in [0.5, 0.6) is 0 Å². The Labute approximate surface area is 113 Å². The zero-order valence-corrected chi connectivity index (χ0v) is 11.5. The van der Waals surface area contributed by atoms with Crippen LogP contribution in [0.2, 0.25) is 0 Å². The third kappa shape index (κ3) is 2.23. The minimum atomic E-state index is -1.29. The zero-order chi connectivity index (χ0) is 14.2. The maximum absolute atomic E-state index is 11.8. The average molecular weight is 261 g/mol. The molecule has 4 heteroatoms. The van der Waals surface area contributed by atoms with Crippen LogP contribution in [0.3, 0.4) is 0 Å². The van der Waals surface area contributed by atoms with Gasteiger partial charge in [-0.3, -0.25) is 4.79 Å². The van der Waals surface area contributed by atoms with Crippen LogP contribution in [0.1, 0.15) is 36.5 Å². The van der Waals surface area contributed by atoms with Gasteiger partial charge in [-0.1, -0.05) is 23.8 Å². The molecule has 0 saturated heterocycles. The highest BCUT2D eigenvalue weighted by atomic mass is 16.4. The smallest absolute Gasteiger partial charge is 0.334 e. The van der Waals surface area contributed by atoms with Crippen molar-refractivity contribution in [2.75, 3.05) is 0 Å². The Morgan fingerprint density at radius 2 is 2.05 bits per heavy atom. The molecule has 0 radical (unpaired) electrons. The fourth-order valence-corrected chi connectivity index (χ4v) is 2.53. The van der Waals surface area contributed by atoms with Crippen molar-refractivity contribution in [3.05, 3.63) is 34.9 Å². The molecule has 0 bridgehead atoms. The predicted molar refractivity (Wildman–Crippen MR) is 71.8 cm³/mol. The molecule has 1 aliphatic carbocycles. The van der Waals surface area contributed by atoms with Crippen LogP contribution in [0, 0.1) is 13.8 Å². The van der Waals surface area contributed by atoms with Gasteiger partial charge in [-0.2, -0.15) is 0 Å². The maximum Gasteiger partial charge on any atom is 0.334 e. The molecule has 19 heavy (non-hydrogen) atoms. The molecule has 1 aromatic carbocycles. The van der Waals surface area contributed by atoms with E-state index in [2.05, 4.69) is 0 Å². The highest BCUT2D eigenvalue weighted by Crippen LogP contribution is 2.39. The van der Waals surface area contributed by atoms with Crippen LogP contribution < -0.4 is 0 Å². The van der Waals surface area contributed by atoms with Crippen molar-refractivity contribution < 1.29 is 14.7 Å². The molecule has 1 saturated carbocycles. The van der Waals surface area contributed by atoms with Crippen LogP contribution in [0.4, 0.5) is 0 Å². The van der Waals surface area contributed by atoms with Gasteiger partial charge >= 0.3 is 5.97 Å². The first-order valence-electron chi connectivity index (χ1n) is 6.46. The van der Waals surface area contributed by atoms with Gasteiger partial charge in [-0.15, -0.1) is 0 Å². The minimum Gasteiger partial charge on any atom is -0.479 e. The van der Waals surface area contributed by atoms with Gasteiger partial charge in [0.05, 0.1) is 0 Å². The Balaban J connectivity index is 2.57. The van der Waals surface area contributed by atoms with Gasteiger partial charge in [-0.25, -0.2) is 4.79 Å². The lowest BCUT2D eigenvalue weighted by molar-refractivity contribution is -0.155. The fraction of sp³-hybridized carbons (Fsp3) is 0.467. The second-order valence-corrected chi connectivity index (χ2v) is 5.44. The number of hydrogen-bond acceptors (Lipinski definition) is 2. The molecular weight excluding hydrogens is 242 g/mol. The minimum absolute atomic E-state index is 0.0542. The number of rotatable bonds is 5. The van der Waals surface area contributed by atoms with E-state index in [1.54, 1.807) is 6.92 Å². The lowest BCUT2D eigenvalue weighted by Gasteiger charge is -2.37. The summed E-state index contributed by atoms with van der Waals surface area (Å²) in [6, 6.07) is 5.77. The first-order chi connectivity index (χ1) is 8.91. The molecule has 0 aromatic heterocycles. The molecular formula is C15H19NO3. The number of aryl methyl sites for hydroxylation is 2. The fourth-order valence-electron chi connectivity index (χ4n) is 2.53. The quantitative estimate of drug-likeness (QED) is 0.827. The van der Waals surface area contributed by atoms with Gasteiger partial charge in [0.15, 0.2) is 5.54 Å². The summed E-state index contributed by atoms with van der Waals surface area (Å²) in [5.41, 5.74) is 1.29. The molecule has 0 aliphatic heterocycles. The van der Waals surface area contributed by atoms with Gasteiger partial charge in [-0.05, 0) is 44.7 Å². The largest absolute Gasteiger partial charge is 0.479 e. The van der Waals surface area contributed by atoms with Crippen molar-refractivity contribution in [2.24, 2.45) is 0 Å². The molecule has 1 amide bonds. The Bertz CT molecular complexity index is 522. The molecule has 1 atom stereocenters. The summed E-state index contributed by atoms with van der Waals surface area (Å²) in [6.07, 6.45) is 2.44. The summed E-state index contributed by atoms with van der Waals surface area (Å²) in [6.45, 7) is 5.42. The second kappa shape index (κ2) is 4.68. The Hall–Kier alpha value is -1.84. The molecule has 2 rings (SSSR count). The highest BCUT2D eigenvalue weighted by molar-refractivity contribution is 5.83. The van der Waals surface area contributed by atoms with Crippen molar-refractivity contribution in [1.82, 2.24) is 4.90 Å². The topological polar surface area (TPSA) is 57.6 Å². The van der Waals surface area contributed by atoms with Gasteiger partial charge in [0.25, 0.3) is 0 Å². The molecule has 102 valence electrons. The summed E-state index contributed by atoms with van der Waals surface area (Å²) in [7, 11) is 0. The van der Waals surface area contributed by atoms with Crippen molar-refractivity contribution in [2.45, 2.75) is 45.2 Å². The molecule has 1 aromatic rings. The predicted octanol–water partition coefficient (Wildman–Crippen LogP) is 2.22. The standard InChI is InChI=1S/C15H19NO3/c1-10-4-5-11(2)13(8-10)15(3,14(18)19)16(9-17)12-6-7-12/h4-5,8-9,12H,6-7H2,1-3H3,(H,18,19). The van der Waals surface area contributed by atoms with Crippen LogP contribution in [-0.4, -0.2) is 28.4 Å². The number of carboxylic acids is 1. The summed E-state index contributed by atoms with van der Waals surface area (Å²) in [5.74, 6) is -0.986. The molecule has 4 nitrogen and oxygen atoms in total. The van der Waals surface area contributed by atoms with Crippen LogP contribution in [-0.2, 0) is 15.1 Å². The van der Waals surface area contributed by atoms with E-state index in [0.29, 0.717) is 12.0 Å². The van der Waals surface area contributed by atoms with Gasteiger partial charge in [0, 0.05) is 6.04 Å². The van der Waals surface area contributed by atoms with Crippen molar-refractivity contribution >= 4 is 12.4 Å². The number of nitrogens with zero attached hydrogens (tertiary/aromatic N) is 1. The monoisotopic (exact) mass is 261 g/mol. The lowest BCUT2D eigenvalue weighted by atomic mass is 9.86. The van der Waals surface area contributed by atoms with Crippen molar-refractivity contribution in [3.8, 4) is 0 Å². The van der Waals surface area contributed by atoms with E-state index in [0.717, 1.165) is 24.0 Å². The SMILES string of the molecule is Cc1ccc(C)c(C(C)(C(=O)O)N(C=O)C2CC2)c1. The van der Waals surface area contributed by atoms with E-state index in [4.69, 9.17) is 0 Å². The highest BCUT2D eigenvalue weighted by Gasteiger charge is 2.47. The summed E-state index contributed by atoms with van der Waals surface area (Å²) < 4.78 is 0. The normalized spacial score (nSPS) is 17.6. The average Bonchev–Trinajstić information content (AvgIpc) is 3.17. The Kier molecular flexibility index (Phi) is 3.35. The Morgan fingerprint density at radius 3 is 2.53 bits per heavy atom. The number of carbonyl (C=O) groups is 2. The number of amides is 1. The van der Waals surface area contributed by atoms with E-state index < -0.39 is 11.5 Å². The van der Waals surface area contributed by atoms with Crippen LogP contribution in [0.25, 0.3) is 0 Å². The number of carboxylic acid groups (broad SMARTS) is 1. The Morgan fingerprint density at radius 1 is 1.42 bits per heavy atom. The lowest BCUT2D eigenvalue weighted by Crippen LogP contribution is -2.50. The molecule has 1 unspecified atom stereocenters. The molecule has 0 heterocycles. The maximum atomic E-state index is 11.8. The molecule has 1 aliphatic rings. The summed E-state index contributed by atoms with van der Waals surface area (Å²) in [5, 5.41) is 9.68. The van der Waals surface area contributed by atoms with Crippen LogP contribution >= 0.6 is 0 Å². The van der Waals surface area contributed by atoms with E-state index in [-0.39, 0.29) is 6.04 Å². The van der Waals surface area contributed by atoms with Gasteiger partial charge in [0.2, 0.25) is 6.41 Å². The zero-order valence-electron chi connectivity index (χ0n) is 11.5. The van der Waals surface area contributed by atoms with Crippen molar-refractivity contribution in [3.63, 3.8) is 0 Å². The first kappa shape index (κ1) is 13.6. The number of benzene rings is 1. The summed E-state index contributed by atoms with van der Waals surface area (Å²) >= 11 is 0. The number of carbonyl (C=O) groups excluding carboxylic acids is 1. The third-order valence-corrected chi connectivity index (χ3v) is 3.90. The molecule has 1 N–H and O–H groups in total. The summed E-state index contributed by atoms with van der Waals surface area (Å²) in [4.78, 5) is 24.6. The van der Waals surface area contributed by atoms with Gasteiger partial charge in [0.1, 0.15) is 0 Å². The molecule has 0 spiro atoms. The van der Waals surface area contributed by atoms with Crippen LogP contribution in [0.15, 0.2) is 18.2 Å². The van der Waals surface area contributed by atoms with E-state index in [1.807, 2.05) is 32.0 Å². The van der Waals surface area contributed by atoms with Crippen molar-refractivity contribution in [1.29, 1.82) is 0 Å². The van der Waals surface area contributed by atoms with E-state index >= 15 is 0 Å². The third-order valence-electron chi connectivity index (χ3n) is 3.90. The van der Waals surface area contributed by atoms with Gasteiger partial charge < -0.3 is 10.0 Å². The van der Waals surface area contributed by atoms with E-state index in [1.165, 1.54) is 4.90 Å². The number of hydrogen-bond donors (Lipinski definition) is 1. The van der Waals surface area contributed by atoms with E-state index in [9.17, 15) is 14.7 Å². The first-order valence-corrected chi connectivity index (χ1v) is 6.46. The molecule has 1 fully saturated rings. The second-order valence-electron chi connectivity index (χ2n) is 5.44.